The van der Waals surface area contributed by atoms with Crippen LogP contribution in [0.1, 0.15) is 0 Å². The molecule has 0 amide bonds. The molecule has 0 spiro atoms. The predicted molar refractivity (Wildman–Crippen MR) is 18.0 cm³/mol. The van der Waals surface area contributed by atoms with Crippen LogP contribution in [0, 0.1) is 7.43 Å². The molecule has 0 aromatic heterocycles. The Bertz CT molecular complexity index is 94.9. The van der Waals surface area contributed by atoms with Crippen LogP contribution in [0.2, 0.25) is 0 Å². The van der Waals surface area contributed by atoms with E-state index in [1.54, 1.807) is 0 Å². The average Bonchev–Trinajstić information content (AvgIpc) is 0.722. The molecule has 0 heterocycles. The maximum atomic E-state index is 8.82. The van der Waals surface area contributed by atoms with Gasteiger partial charge in [-0.2, -0.15) is 0 Å². The van der Waals surface area contributed by atoms with Crippen molar-refractivity contribution >= 4 is 13.4 Å². The van der Waals surface area contributed by atoms with Crippen LogP contribution in [0.4, 0.5) is 0 Å². The van der Waals surface area contributed by atoms with Crippen molar-refractivity contribution in [2.75, 3.05) is 0 Å². The molecule has 0 saturated carbocycles. The molecule has 0 unspecified atom stereocenters. The summed E-state index contributed by atoms with van der Waals surface area (Å²) in [4.78, 5) is 0. The molecule has 0 saturated heterocycles. The van der Waals surface area contributed by atoms with E-state index in [-0.39, 0.29) is 26.3 Å². The van der Waals surface area contributed by atoms with Crippen LogP contribution in [-0.2, 0) is 7.67 Å². The van der Waals surface area contributed by atoms with E-state index in [4.69, 9.17) is 16.0 Å². The molecule has 0 radical (unpaired) electrons. The standard InChI is InChI=1S/CH3.Li.H2O4Se/c;;1-5(2,3)4/h1H3;;(H2,1,2,3,4)/q-1;+1;. The first-order valence-electron chi connectivity index (χ1n) is 0.698. The van der Waals surface area contributed by atoms with Crippen LogP contribution in [0.3, 0.4) is 0 Å². The van der Waals surface area contributed by atoms with E-state index in [1.165, 1.54) is 0 Å². The Labute approximate surface area is 56.0 Å². The monoisotopic (exact) mass is 168 g/mol. The van der Waals surface area contributed by atoms with Gasteiger partial charge in [-0.3, -0.25) is 0 Å². The van der Waals surface area contributed by atoms with Crippen molar-refractivity contribution in [1.29, 1.82) is 0 Å². The first-order chi connectivity index (χ1) is 2.00. The first kappa shape index (κ1) is 15.6. The second-order valence-corrected chi connectivity index (χ2v) is 2.33. The normalized spacial score (nSPS) is 8.29. The Hall–Kier alpha value is 0.637. The molecule has 0 fully saturated rings. The number of hydrogen-bond acceptors (Lipinski definition) is 2. The van der Waals surface area contributed by atoms with Gasteiger partial charge < -0.3 is 7.43 Å². The summed E-state index contributed by atoms with van der Waals surface area (Å²) in [6.45, 7) is 0. The van der Waals surface area contributed by atoms with E-state index < -0.39 is 13.4 Å². The van der Waals surface area contributed by atoms with Crippen molar-refractivity contribution in [2.24, 2.45) is 0 Å². The van der Waals surface area contributed by atoms with Crippen molar-refractivity contribution in [1.82, 2.24) is 0 Å². The fourth-order valence-electron chi connectivity index (χ4n) is 0. The fourth-order valence-corrected chi connectivity index (χ4v) is 0. The molecular formula is CH5LiO4Se. The molecule has 0 aromatic rings. The van der Waals surface area contributed by atoms with Gasteiger partial charge in [-0.15, -0.1) is 0 Å². The van der Waals surface area contributed by atoms with Crippen LogP contribution in [-0.4, -0.2) is 21.7 Å². The summed E-state index contributed by atoms with van der Waals surface area (Å²) in [6.07, 6.45) is 0. The largest absolute Gasteiger partial charge is 1.00 e. The number of rotatable bonds is 0. The van der Waals surface area contributed by atoms with Crippen LogP contribution < -0.4 is 18.9 Å². The molecule has 0 aliphatic heterocycles. The second-order valence-electron chi connectivity index (χ2n) is 0.448. The van der Waals surface area contributed by atoms with E-state index in [1.807, 2.05) is 0 Å². The van der Waals surface area contributed by atoms with Gasteiger partial charge in [0.15, 0.2) is 0 Å². The van der Waals surface area contributed by atoms with Crippen molar-refractivity contribution in [3.63, 3.8) is 0 Å². The molecule has 0 atom stereocenters. The topological polar surface area (TPSA) is 74.6 Å². The molecule has 2 N–H and O–H groups in total. The summed E-state index contributed by atoms with van der Waals surface area (Å²) in [7, 11) is 0. The summed E-state index contributed by atoms with van der Waals surface area (Å²) in [5.74, 6) is 0. The van der Waals surface area contributed by atoms with Gasteiger partial charge in [0.25, 0.3) is 0 Å². The van der Waals surface area contributed by atoms with E-state index in [2.05, 4.69) is 0 Å². The van der Waals surface area contributed by atoms with Crippen molar-refractivity contribution < 1.29 is 34.9 Å². The van der Waals surface area contributed by atoms with Gasteiger partial charge in [-0.1, -0.05) is 0 Å². The average molecular weight is 167 g/mol. The minimum absolute atomic E-state index is 0. The van der Waals surface area contributed by atoms with Crippen LogP contribution >= 0.6 is 0 Å². The second kappa shape index (κ2) is 4.79. The molecular weight excluding hydrogens is 162 g/mol. The minimum atomic E-state index is -5.25. The zero-order chi connectivity index (χ0) is 4.50. The zero-order valence-corrected chi connectivity index (χ0v) is 5.83. The van der Waals surface area contributed by atoms with Gasteiger partial charge in [0, 0.05) is 0 Å². The van der Waals surface area contributed by atoms with Crippen molar-refractivity contribution in [3.05, 3.63) is 7.43 Å². The van der Waals surface area contributed by atoms with E-state index in [0.29, 0.717) is 0 Å². The summed E-state index contributed by atoms with van der Waals surface area (Å²) in [6, 6.07) is 0. The van der Waals surface area contributed by atoms with E-state index in [0.717, 1.165) is 0 Å². The van der Waals surface area contributed by atoms with Gasteiger partial charge in [0.05, 0.1) is 0 Å². The first-order valence-corrected chi connectivity index (χ1v) is 3.63. The summed E-state index contributed by atoms with van der Waals surface area (Å²) >= 11 is -5.25. The van der Waals surface area contributed by atoms with Gasteiger partial charge in [-0.25, -0.2) is 0 Å². The number of hydrogen-bond donors (Lipinski definition) is 2. The molecule has 0 rings (SSSR count). The molecule has 6 heteroatoms. The molecule has 0 bridgehead atoms. The van der Waals surface area contributed by atoms with Crippen molar-refractivity contribution in [3.8, 4) is 0 Å². The smallest absolute Gasteiger partial charge is 0.358 e. The van der Waals surface area contributed by atoms with Gasteiger partial charge in [0.1, 0.15) is 0 Å². The predicted octanol–water partition coefficient (Wildman–Crippen LogP) is -4.28. The Morgan fingerprint density at radius 3 is 1.14 bits per heavy atom. The van der Waals surface area contributed by atoms with Crippen LogP contribution in [0.15, 0.2) is 0 Å². The third-order valence-electron chi connectivity index (χ3n) is 0. The Morgan fingerprint density at radius 1 is 1.14 bits per heavy atom. The molecule has 0 aliphatic rings. The third-order valence-corrected chi connectivity index (χ3v) is 0. The van der Waals surface area contributed by atoms with Crippen LogP contribution in [0.5, 0.6) is 0 Å². The summed E-state index contributed by atoms with van der Waals surface area (Å²) < 4.78 is 31.9. The Morgan fingerprint density at radius 2 is 1.14 bits per heavy atom. The fraction of sp³-hybridized carbons (Fsp3) is 0. The van der Waals surface area contributed by atoms with Gasteiger partial charge in [-0.05, 0) is 0 Å². The molecule has 4 nitrogen and oxygen atoms in total. The van der Waals surface area contributed by atoms with Gasteiger partial charge in [0.2, 0.25) is 0 Å². The van der Waals surface area contributed by atoms with Gasteiger partial charge >= 0.3 is 48.3 Å². The summed E-state index contributed by atoms with van der Waals surface area (Å²) in [5, 5.41) is 0. The maximum absolute atomic E-state index is 8.82. The molecule has 40 valence electrons. The molecule has 0 aromatic carbocycles. The SMILES string of the molecule is O=[Se](=O)(O)O.[CH3-].[Li+]. The maximum Gasteiger partial charge on any atom is 1.00 e. The van der Waals surface area contributed by atoms with Crippen LogP contribution in [0.25, 0.3) is 0 Å². The quantitative estimate of drug-likeness (QED) is 0.283. The third kappa shape index (κ3) is 352. The van der Waals surface area contributed by atoms with E-state index >= 15 is 0 Å². The Kier molecular flexibility index (Phi) is 10.7. The zero-order valence-electron chi connectivity index (χ0n) is 4.12. The molecule has 7 heavy (non-hydrogen) atoms. The van der Waals surface area contributed by atoms with Crippen molar-refractivity contribution in [2.45, 2.75) is 0 Å². The Balaban J connectivity index is -0.0000000800. The van der Waals surface area contributed by atoms with E-state index in [9.17, 15) is 0 Å². The summed E-state index contributed by atoms with van der Waals surface area (Å²) in [5.41, 5.74) is 0. The minimum Gasteiger partial charge on any atom is -0.358 e. The molecule has 0 aliphatic carbocycles.